The molecule has 2 atom stereocenters. The van der Waals surface area contributed by atoms with Gasteiger partial charge >= 0.3 is 0 Å². The SMILES string of the molecule is CC1CNC2=C[C@H]2C1. The van der Waals surface area contributed by atoms with Crippen LogP contribution in [0, 0.1) is 11.8 Å². The van der Waals surface area contributed by atoms with Gasteiger partial charge in [0.25, 0.3) is 0 Å². The molecule has 0 aromatic heterocycles. The third kappa shape index (κ3) is 0.540. The van der Waals surface area contributed by atoms with Crippen LogP contribution in [-0.2, 0) is 0 Å². The van der Waals surface area contributed by atoms with Gasteiger partial charge in [-0.15, -0.1) is 0 Å². The number of rotatable bonds is 0. The van der Waals surface area contributed by atoms with Crippen molar-refractivity contribution in [3.63, 3.8) is 0 Å². The summed E-state index contributed by atoms with van der Waals surface area (Å²) in [7, 11) is 0. The maximum Gasteiger partial charge on any atom is 0.0186 e. The Kier molecular flexibility index (Phi) is 0.706. The highest BCUT2D eigenvalue weighted by atomic mass is 14.9. The fraction of sp³-hybridized carbons (Fsp3) is 0.714. The van der Waals surface area contributed by atoms with Crippen LogP contribution in [0.5, 0.6) is 0 Å². The fourth-order valence-corrected chi connectivity index (χ4v) is 1.36. The average molecular weight is 109 g/mol. The van der Waals surface area contributed by atoms with Gasteiger partial charge in [0.15, 0.2) is 0 Å². The number of hydrogen-bond acceptors (Lipinski definition) is 1. The lowest BCUT2D eigenvalue weighted by atomic mass is 10.0. The summed E-state index contributed by atoms with van der Waals surface area (Å²) in [5.41, 5.74) is 1.50. The first-order valence-corrected chi connectivity index (χ1v) is 3.32. The zero-order valence-corrected chi connectivity index (χ0v) is 5.15. The van der Waals surface area contributed by atoms with E-state index in [1.54, 1.807) is 0 Å². The lowest BCUT2D eigenvalue weighted by Crippen LogP contribution is -2.24. The summed E-state index contributed by atoms with van der Waals surface area (Å²) >= 11 is 0. The van der Waals surface area contributed by atoms with Gasteiger partial charge in [0.1, 0.15) is 0 Å². The van der Waals surface area contributed by atoms with Crippen molar-refractivity contribution in [2.45, 2.75) is 13.3 Å². The van der Waals surface area contributed by atoms with Gasteiger partial charge in [-0.05, 0) is 12.3 Å². The molecule has 0 radical (unpaired) electrons. The second-order valence-corrected chi connectivity index (χ2v) is 2.95. The molecule has 1 aliphatic carbocycles. The minimum atomic E-state index is 0.860. The zero-order chi connectivity index (χ0) is 5.56. The van der Waals surface area contributed by atoms with Crippen molar-refractivity contribution in [2.24, 2.45) is 11.8 Å². The number of fused-ring (bicyclic) bond motifs is 1. The third-order valence-electron chi connectivity index (χ3n) is 1.98. The number of hydrogen-bond donors (Lipinski definition) is 1. The molecule has 1 saturated heterocycles. The van der Waals surface area contributed by atoms with Crippen LogP contribution < -0.4 is 5.32 Å². The molecule has 1 unspecified atom stereocenters. The Bertz CT molecular complexity index is 137. The average Bonchev–Trinajstić information content (AvgIpc) is 2.43. The van der Waals surface area contributed by atoms with Gasteiger partial charge < -0.3 is 5.32 Å². The Hall–Kier alpha value is -0.460. The standard InChI is InChI=1S/C7H11N/c1-5-2-6-3-7(6)8-4-5/h3,5-6,8H,2,4H2,1H3/t5?,6-/m1/s1. The van der Waals surface area contributed by atoms with E-state index in [4.69, 9.17) is 0 Å². The van der Waals surface area contributed by atoms with Crippen LogP contribution in [0.4, 0.5) is 0 Å². The van der Waals surface area contributed by atoms with Crippen LogP contribution in [0.3, 0.4) is 0 Å². The molecule has 2 aliphatic rings. The predicted molar refractivity (Wildman–Crippen MR) is 33.4 cm³/mol. The van der Waals surface area contributed by atoms with Crippen molar-refractivity contribution in [3.8, 4) is 0 Å². The molecular weight excluding hydrogens is 98.1 g/mol. The van der Waals surface area contributed by atoms with Gasteiger partial charge in [-0.25, -0.2) is 0 Å². The summed E-state index contributed by atoms with van der Waals surface area (Å²) < 4.78 is 0. The Morgan fingerprint density at radius 1 is 1.75 bits per heavy atom. The summed E-state index contributed by atoms with van der Waals surface area (Å²) in [6.45, 7) is 3.50. The quantitative estimate of drug-likeness (QED) is 0.491. The molecule has 1 fully saturated rings. The minimum Gasteiger partial charge on any atom is -0.388 e. The van der Waals surface area contributed by atoms with E-state index in [1.807, 2.05) is 0 Å². The molecule has 0 aromatic rings. The lowest BCUT2D eigenvalue weighted by Gasteiger charge is -2.17. The highest BCUT2D eigenvalue weighted by Gasteiger charge is 2.30. The van der Waals surface area contributed by atoms with Crippen molar-refractivity contribution >= 4 is 0 Å². The third-order valence-corrected chi connectivity index (χ3v) is 1.98. The molecule has 1 N–H and O–H groups in total. The maximum absolute atomic E-state index is 3.37. The van der Waals surface area contributed by atoms with Gasteiger partial charge in [-0.1, -0.05) is 13.0 Å². The molecule has 44 valence electrons. The Morgan fingerprint density at radius 3 is 3.25 bits per heavy atom. The van der Waals surface area contributed by atoms with Crippen molar-refractivity contribution < 1.29 is 0 Å². The number of allylic oxidation sites excluding steroid dienone is 2. The number of piperidine rings is 1. The van der Waals surface area contributed by atoms with E-state index in [-0.39, 0.29) is 0 Å². The van der Waals surface area contributed by atoms with Crippen LogP contribution in [-0.4, -0.2) is 6.54 Å². The van der Waals surface area contributed by atoms with Crippen molar-refractivity contribution in [1.82, 2.24) is 5.32 Å². The van der Waals surface area contributed by atoms with E-state index in [2.05, 4.69) is 18.3 Å². The molecule has 8 heavy (non-hydrogen) atoms. The van der Waals surface area contributed by atoms with Crippen LogP contribution >= 0.6 is 0 Å². The summed E-state index contributed by atoms with van der Waals surface area (Å²) in [6.07, 6.45) is 3.71. The minimum absolute atomic E-state index is 0.860. The highest BCUT2D eigenvalue weighted by molar-refractivity contribution is 5.29. The smallest absolute Gasteiger partial charge is 0.0186 e. The zero-order valence-electron chi connectivity index (χ0n) is 5.15. The first-order valence-electron chi connectivity index (χ1n) is 3.32. The molecular formula is C7H11N. The molecule has 0 spiro atoms. The van der Waals surface area contributed by atoms with Crippen molar-refractivity contribution in [2.75, 3.05) is 6.54 Å². The topological polar surface area (TPSA) is 12.0 Å². The van der Waals surface area contributed by atoms with Crippen LogP contribution in [0.2, 0.25) is 0 Å². The van der Waals surface area contributed by atoms with Gasteiger partial charge in [-0.2, -0.15) is 0 Å². The molecule has 1 heteroatoms. The Balaban J connectivity index is 1.98. The molecule has 1 nitrogen and oxygen atoms in total. The first-order chi connectivity index (χ1) is 3.86. The summed E-state index contributed by atoms with van der Waals surface area (Å²) in [4.78, 5) is 0. The van der Waals surface area contributed by atoms with Crippen LogP contribution in [0.25, 0.3) is 0 Å². The van der Waals surface area contributed by atoms with Gasteiger partial charge in [0.2, 0.25) is 0 Å². The summed E-state index contributed by atoms with van der Waals surface area (Å²) in [6, 6.07) is 0. The summed E-state index contributed by atoms with van der Waals surface area (Å²) in [5, 5.41) is 3.37. The number of nitrogens with one attached hydrogen (secondary N) is 1. The van der Waals surface area contributed by atoms with Gasteiger partial charge in [-0.3, -0.25) is 0 Å². The monoisotopic (exact) mass is 109 g/mol. The predicted octanol–water partition coefficient (Wildman–Crippen LogP) is 1.13. The molecule has 1 heterocycles. The van der Waals surface area contributed by atoms with E-state index < -0.39 is 0 Å². The second-order valence-electron chi connectivity index (χ2n) is 2.95. The molecule has 0 aromatic carbocycles. The van der Waals surface area contributed by atoms with Gasteiger partial charge in [0.05, 0.1) is 0 Å². The molecule has 0 amide bonds. The van der Waals surface area contributed by atoms with Crippen LogP contribution in [0.15, 0.2) is 11.8 Å². The Labute approximate surface area is 49.8 Å². The van der Waals surface area contributed by atoms with E-state index in [0.29, 0.717) is 0 Å². The van der Waals surface area contributed by atoms with Gasteiger partial charge in [0, 0.05) is 18.2 Å². The molecule has 1 aliphatic heterocycles. The van der Waals surface area contributed by atoms with E-state index >= 15 is 0 Å². The highest BCUT2D eigenvalue weighted by Crippen LogP contribution is 2.35. The van der Waals surface area contributed by atoms with E-state index in [9.17, 15) is 0 Å². The van der Waals surface area contributed by atoms with E-state index in [1.165, 1.54) is 18.7 Å². The molecule has 0 bridgehead atoms. The van der Waals surface area contributed by atoms with Crippen LogP contribution in [0.1, 0.15) is 13.3 Å². The summed E-state index contributed by atoms with van der Waals surface area (Å²) in [5.74, 6) is 1.75. The second kappa shape index (κ2) is 1.28. The maximum atomic E-state index is 3.37. The first kappa shape index (κ1) is 4.42. The normalized spacial score (nSPS) is 41.9. The van der Waals surface area contributed by atoms with Crippen molar-refractivity contribution in [3.05, 3.63) is 11.8 Å². The fourth-order valence-electron chi connectivity index (χ4n) is 1.36. The Morgan fingerprint density at radius 2 is 2.62 bits per heavy atom. The molecule has 2 rings (SSSR count). The lowest BCUT2D eigenvalue weighted by molar-refractivity contribution is 0.439. The van der Waals surface area contributed by atoms with Crippen molar-refractivity contribution in [1.29, 1.82) is 0 Å². The largest absolute Gasteiger partial charge is 0.388 e. The van der Waals surface area contributed by atoms with E-state index in [0.717, 1.165) is 11.8 Å². The molecule has 0 saturated carbocycles.